The number of benzene rings is 1. The van der Waals surface area contributed by atoms with Gasteiger partial charge in [-0.2, -0.15) is 0 Å². The lowest BCUT2D eigenvalue weighted by atomic mass is 9.89. The van der Waals surface area contributed by atoms with Gasteiger partial charge < -0.3 is 20.1 Å². The van der Waals surface area contributed by atoms with Crippen LogP contribution >= 0.6 is 0 Å². The Bertz CT molecular complexity index is 899. The highest BCUT2D eigenvalue weighted by Gasteiger charge is 2.26. The minimum Gasteiger partial charge on any atom is -0.424 e. The van der Waals surface area contributed by atoms with Crippen molar-refractivity contribution in [3.8, 4) is 5.75 Å². The molecule has 1 aliphatic rings. The van der Waals surface area contributed by atoms with E-state index >= 15 is 0 Å². The van der Waals surface area contributed by atoms with Crippen LogP contribution in [0.1, 0.15) is 71.0 Å². The van der Waals surface area contributed by atoms with Crippen molar-refractivity contribution in [2.24, 2.45) is 5.92 Å². The van der Waals surface area contributed by atoms with Gasteiger partial charge in [0.25, 0.3) is 0 Å². The molecule has 0 spiro atoms. The van der Waals surface area contributed by atoms with Gasteiger partial charge in [0.05, 0.1) is 17.5 Å². The van der Waals surface area contributed by atoms with Gasteiger partial charge in [0.15, 0.2) is 5.75 Å². The van der Waals surface area contributed by atoms with Gasteiger partial charge in [-0.25, -0.2) is 0 Å². The fourth-order valence-corrected chi connectivity index (χ4v) is 4.20. The number of hydrogen-bond donors (Lipinski definition) is 3. The van der Waals surface area contributed by atoms with E-state index in [-0.39, 0.29) is 29.5 Å². The molecular formula is C23H32N2O4. The fourth-order valence-electron chi connectivity index (χ4n) is 4.20. The first-order valence-electron chi connectivity index (χ1n) is 10.7. The van der Waals surface area contributed by atoms with Crippen molar-refractivity contribution < 1.29 is 14.6 Å². The van der Waals surface area contributed by atoms with Crippen LogP contribution in [-0.4, -0.2) is 28.1 Å². The molecule has 2 atom stereocenters. The second-order valence-electron chi connectivity index (χ2n) is 8.30. The number of rotatable bonds is 7. The Balaban J connectivity index is 1.95. The van der Waals surface area contributed by atoms with E-state index < -0.39 is 6.10 Å². The lowest BCUT2D eigenvalue weighted by Gasteiger charge is -2.26. The Morgan fingerprint density at radius 3 is 2.59 bits per heavy atom. The smallest absolute Gasteiger partial charge is 0.314 e. The summed E-state index contributed by atoms with van der Waals surface area (Å²) < 4.78 is 5.70. The molecule has 1 aliphatic carbocycles. The number of aromatic nitrogens is 1. The van der Waals surface area contributed by atoms with Crippen molar-refractivity contribution in [3.05, 3.63) is 40.2 Å². The predicted molar refractivity (Wildman–Crippen MR) is 114 cm³/mol. The number of aliphatic hydroxyl groups excluding tert-OH is 1. The van der Waals surface area contributed by atoms with Crippen LogP contribution in [-0.2, 0) is 4.79 Å². The Labute approximate surface area is 171 Å². The van der Waals surface area contributed by atoms with Crippen LogP contribution in [0.5, 0.6) is 5.75 Å². The highest BCUT2D eigenvalue weighted by molar-refractivity contribution is 5.90. The average Bonchev–Trinajstić information content (AvgIpc) is 2.72. The molecular weight excluding hydrogens is 368 g/mol. The Morgan fingerprint density at radius 1 is 1.21 bits per heavy atom. The van der Waals surface area contributed by atoms with E-state index in [0.29, 0.717) is 22.2 Å². The number of nitrogens with one attached hydrogen (secondary N) is 2. The number of ether oxygens (including phenoxy) is 1. The van der Waals surface area contributed by atoms with Crippen LogP contribution in [0.15, 0.2) is 29.1 Å². The molecule has 158 valence electrons. The van der Waals surface area contributed by atoms with Crippen molar-refractivity contribution in [2.45, 2.75) is 77.5 Å². The number of carbonyl (C=O) groups is 1. The maximum absolute atomic E-state index is 12.6. The number of pyridine rings is 1. The molecule has 0 bridgehead atoms. The van der Waals surface area contributed by atoms with Gasteiger partial charge in [0, 0.05) is 23.5 Å². The summed E-state index contributed by atoms with van der Waals surface area (Å²) in [5.41, 5.74) is 0.887. The maximum Gasteiger partial charge on any atom is 0.314 e. The Hall–Kier alpha value is -2.18. The number of aliphatic hydroxyl groups is 1. The number of fused-ring (bicyclic) bond motifs is 1. The zero-order valence-electron chi connectivity index (χ0n) is 17.5. The molecule has 0 radical (unpaired) electrons. The molecule has 1 aromatic carbocycles. The number of hydrogen-bond acceptors (Lipinski definition) is 5. The van der Waals surface area contributed by atoms with E-state index in [1.807, 2.05) is 20.8 Å². The molecule has 3 rings (SSSR count). The van der Waals surface area contributed by atoms with Crippen LogP contribution in [0.4, 0.5) is 0 Å². The summed E-state index contributed by atoms with van der Waals surface area (Å²) in [6.07, 6.45) is 4.96. The van der Waals surface area contributed by atoms with Crippen LogP contribution in [0, 0.1) is 5.92 Å². The topological polar surface area (TPSA) is 91.4 Å². The first-order valence-corrected chi connectivity index (χ1v) is 10.7. The normalized spacial score (nSPS) is 17.4. The third-order valence-corrected chi connectivity index (χ3v) is 5.73. The summed E-state index contributed by atoms with van der Waals surface area (Å²) in [4.78, 5) is 27.4. The molecule has 3 N–H and O–H groups in total. The zero-order valence-corrected chi connectivity index (χ0v) is 17.5. The number of carbonyl (C=O) groups excluding carboxylic acids is 1. The van der Waals surface area contributed by atoms with Gasteiger partial charge in [-0.3, -0.25) is 9.59 Å². The van der Waals surface area contributed by atoms with Crippen LogP contribution in [0.25, 0.3) is 10.9 Å². The van der Waals surface area contributed by atoms with Crippen molar-refractivity contribution in [2.75, 3.05) is 0 Å². The number of esters is 1. The molecule has 2 aromatic rings. The zero-order chi connectivity index (χ0) is 21.0. The van der Waals surface area contributed by atoms with Gasteiger partial charge >= 0.3 is 5.97 Å². The summed E-state index contributed by atoms with van der Waals surface area (Å²) in [5.74, 6) is 0.0187. The molecule has 1 fully saturated rings. The summed E-state index contributed by atoms with van der Waals surface area (Å²) >= 11 is 0. The number of H-pyrrole nitrogens is 1. The Kier molecular flexibility index (Phi) is 7.09. The second kappa shape index (κ2) is 9.55. The monoisotopic (exact) mass is 400 g/mol. The molecule has 1 aromatic heterocycles. The minimum atomic E-state index is -0.751. The lowest BCUT2D eigenvalue weighted by Crippen LogP contribution is -2.39. The molecule has 0 saturated heterocycles. The molecule has 6 nitrogen and oxygen atoms in total. The van der Waals surface area contributed by atoms with Crippen molar-refractivity contribution in [1.29, 1.82) is 0 Å². The molecule has 0 aliphatic heterocycles. The SMILES string of the molecule is CCC(NC(C)C)C(O)c1ccc(OC(=O)C2CCCCC2)c2[nH]c(=O)ccc12. The van der Waals surface area contributed by atoms with Crippen LogP contribution < -0.4 is 15.6 Å². The fraction of sp³-hybridized carbons (Fsp3) is 0.565. The molecule has 0 amide bonds. The van der Waals surface area contributed by atoms with Crippen molar-refractivity contribution in [1.82, 2.24) is 10.3 Å². The van der Waals surface area contributed by atoms with E-state index in [2.05, 4.69) is 10.3 Å². The van der Waals surface area contributed by atoms with Crippen LogP contribution in [0.3, 0.4) is 0 Å². The highest BCUT2D eigenvalue weighted by atomic mass is 16.5. The van der Waals surface area contributed by atoms with E-state index in [4.69, 9.17) is 4.74 Å². The summed E-state index contributed by atoms with van der Waals surface area (Å²) in [7, 11) is 0. The third-order valence-electron chi connectivity index (χ3n) is 5.73. The van der Waals surface area contributed by atoms with Gasteiger partial charge in [-0.1, -0.05) is 46.1 Å². The minimum absolute atomic E-state index is 0.0841. The molecule has 29 heavy (non-hydrogen) atoms. The molecule has 1 saturated carbocycles. The van der Waals surface area contributed by atoms with E-state index in [1.165, 1.54) is 6.07 Å². The van der Waals surface area contributed by atoms with Crippen molar-refractivity contribution in [3.63, 3.8) is 0 Å². The predicted octanol–water partition coefficient (Wildman–Crippen LogP) is 3.82. The van der Waals surface area contributed by atoms with Crippen LogP contribution in [0.2, 0.25) is 0 Å². The quantitative estimate of drug-likeness (QED) is 0.485. The van der Waals surface area contributed by atoms with E-state index in [9.17, 15) is 14.7 Å². The molecule has 2 unspecified atom stereocenters. The van der Waals surface area contributed by atoms with Gasteiger partial charge in [-0.15, -0.1) is 0 Å². The van der Waals surface area contributed by atoms with E-state index in [1.54, 1.807) is 18.2 Å². The average molecular weight is 401 g/mol. The molecule has 1 heterocycles. The lowest BCUT2D eigenvalue weighted by molar-refractivity contribution is -0.139. The van der Waals surface area contributed by atoms with Crippen molar-refractivity contribution >= 4 is 16.9 Å². The first kappa shape index (κ1) is 21.5. The van der Waals surface area contributed by atoms with E-state index in [0.717, 1.165) is 38.5 Å². The van der Waals surface area contributed by atoms with Gasteiger partial charge in [0.1, 0.15) is 0 Å². The standard InChI is InChI=1S/C23H32N2O4/c1-4-18(24-14(2)3)22(27)17-10-12-19(21-16(17)11-13-20(26)25-21)29-23(28)15-8-6-5-7-9-15/h10-15,18,22,24,27H,4-9H2,1-3H3,(H,25,26). The number of aromatic amines is 1. The highest BCUT2D eigenvalue weighted by Crippen LogP contribution is 2.33. The van der Waals surface area contributed by atoms with Gasteiger partial charge in [-0.05, 0) is 37.0 Å². The third kappa shape index (κ3) is 5.06. The largest absolute Gasteiger partial charge is 0.424 e. The second-order valence-corrected chi connectivity index (χ2v) is 8.30. The first-order chi connectivity index (χ1) is 13.9. The maximum atomic E-state index is 12.6. The summed E-state index contributed by atoms with van der Waals surface area (Å²) in [5, 5.41) is 15.1. The van der Waals surface area contributed by atoms with Gasteiger partial charge in [0.2, 0.25) is 5.56 Å². The Morgan fingerprint density at radius 2 is 1.93 bits per heavy atom. The summed E-state index contributed by atoms with van der Waals surface area (Å²) in [6.45, 7) is 6.10. The summed E-state index contributed by atoms with van der Waals surface area (Å²) in [6, 6.07) is 6.70. The molecule has 6 heteroatoms.